The van der Waals surface area contributed by atoms with Gasteiger partial charge < -0.3 is 15.9 Å². The van der Waals surface area contributed by atoms with Gasteiger partial charge in [-0.1, -0.05) is 90.4 Å². The van der Waals surface area contributed by atoms with Gasteiger partial charge in [0.1, 0.15) is 5.72 Å². The van der Waals surface area contributed by atoms with E-state index in [1.807, 2.05) is 0 Å². The van der Waals surface area contributed by atoms with Gasteiger partial charge in [-0.25, -0.2) is 0 Å². The van der Waals surface area contributed by atoms with E-state index in [9.17, 15) is 5.11 Å². The van der Waals surface area contributed by atoms with Gasteiger partial charge in [0, 0.05) is 0 Å². The van der Waals surface area contributed by atoms with Crippen LogP contribution in [0.5, 0.6) is 0 Å². The molecular weight excluding hydrogens is 262 g/mol. The predicted molar refractivity (Wildman–Crippen MR) is 91.2 cm³/mol. The van der Waals surface area contributed by atoms with E-state index in [4.69, 9.17) is 10.8 Å². The quantitative estimate of drug-likeness (QED) is 0.290. The first kappa shape index (κ1) is 20.9. The summed E-state index contributed by atoms with van der Waals surface area (Å²) in [5.74, 6) is 0. The molecule has 0 saturated carbocycles. The average molecular weight is 302 g/mol. The van der Waals surface area contributed by atoms with E-state index >= 15 is 0 Å². The molecule has 0 aliphatic rings. The van der Waals surface area contributed by atoms with Crippen LogP contribution < -0.4 is 5.73 Å². The standard InChI is InChI=1S/C18H39NO2/c1-2-3-4-5-6-7-8-9-10-11-12-13-14-15-16-18(19,21)17-20/h20-21H,2-17,19H2,1H3. The molecule has 128 valence electrons. The molecule has 0 saturated heterocycles. The molecule has 3 nitrogen and oxygen atoms in total. The largest absolute Gasteiger partial charge is 0.392 e. The molecule has 0 aromatic carbocycles. The molecule has 0 aliphatic heterocycles. The smallest absolute Gasteiger partial charge is 0.136 e. The van der Waals surface area contributed by atoms with Crippen molar-refractivity contribution >= 4 is 0 Å². The lowest BCUT2D eigenvalue weighted by Gasteiger charge is -2.19. The highest BCUT2D eigenvalue weighted by Gasteiger charge is 2.17. The predicted octanol–water partition coefficient (Wildman–Crippen LogP) is 4.50. The molecule has 0 radical (unpaired) electrons. The van der Waals surface area contributed by atoms with Crippen LogP contribution in [0.3, 0.4) is 0 Å². The summed E-state index contributed by atoms with van der Waals surface area (Å²) in [6.07, 6.45) is 19.0. The lowest BCUT2D eigenvalue weighted by molar-refractivity contribution is -0.0177. The summed E-state index contributed by atoms with van der Waals surface area (Å²) in [4.78, 5) is 0. The maximum Gasteiger partial charge on any atom is 0.136 e. The normalized spacial score (nSPS) is 14.3. The van der Waals surface area contributed by atoms with Gasteiger partial charge in [-0.05, 0) is 12.8 Å². The highest BCUT2D eigenvalue weighted by atomic mass is 16.3. The van der Waals surface area contributed by atoms with Gasteiger partial charge in [0.2, 0.25) is 0 Å². The highest BCUT2D eigenvalue weighted by molar-refractivity contribution is 4.68. The molecule has 0 aromatic heterocycles. The van der Waals surface area contributed by atoms with E-state index in [1.165, 1.54) is 77.0 Å². The molecule has 1 unspecified atom stereocenters. The van der Waals surface area contributed by atoms with Crippen LogP contribution in [-0.2, 0) is 0 Å². The van der Waals surface area contributed by atoms with Gasteiger partial charge in [0.25, 0.3) is 0 Å². The van der Waals surface area contributed by atoms with Crippen molar-refractivity contribution in [2.75, 3.05) is 6.61 Å². The maximum atomic E-state index is 9.44. The van der Waals surface area contributed by atoms with Gasteiger partial charge >= 0.3 is 0 Å². The Morgan fingerprint density at radius 2 is 1.00 bits per heavy atom. The minimum absolute atomic E-state index is 0.342. The van der Waals surface area contributed by atoms with Crippen LogP contribution in [0.15, 0.2) is 0 Å². The minimum Gasteiger partial charge on any atom is -0.392 e. The Balaban J connectivity index is 3.06. The molecule has 0 rings (SSSR count). The first-order valence-corrected chi connectivity index (χ1v) is 9.24. The molecule has 0 heterocycles. The number of hydrogen-bond donors (Lipinski definition) is 3. The zero-order valence-electron chi connectivity index (χ0n) is 14.3. The highest BCUT2D eigenvalue weighted by Crippen LogP contribution is 2.14. The number of hydrogen-bond acceptors (Lipinski definition) is 3. The van der Waals surface area contributed by atoms with Crippen molar-refractivity contribution < 1.29 is 10.2 Å². The Bertz CT molecular complexity index is 207. The van der Waals surface area contributed by atoms with Crippen LogP contribution in [0.1, 0.15) is 103 Å². The van der Waals surface area contributed by atoms with Crippen molar-refractivity contribution in [3.8, 4) is 0 Å². The fourth-order valence-corrected chi connectivity index (χ4v) is 2.70. The molecular formula is C18H39NO2. The molecule has 0 aromatic rings. The first-order chi connectivity index (χ1) is 10.1. The van der Waals surface area contributed by atoms with Gasteiger partial charge in [-0.3, -0.25) is 0 Å². The van der Waals surface area contributed by atoms with Crippen LogP contribution >= 0.6 is 0 Å². The molecule has 3 heteroatoms. The number of nitrogens with two attached hydrogens (primary N) is 1. The third kappa shape index (κ3) is 16.1. The Morgan fingerprint density at radius 1 is 0.667 bits per heavy atom. The Kier molecular flexibility index (Phi) is 14.7. The molecule has 0 amide bonds. The zero-order valence-corrected chi connectivity index (χ0v) is 14.3. The Hall–Kier alpha value is -0.120. The van der Waals surface area contributed by atoms with E-state index in [0.29, 0.717) is 6.42 Å². The molecule has 4 N–H and O–H groups in total. The molecule has 0 aliphatic carbocycles. The van der Waals surface area contributed by atoms with Gasteiger partial charge in [0.05, 0.1) is 6.61 Å². The van der Waals surface area contributed by atoms with Crippen molar-refractivity contribution in [2.45, 2.75) is 109 Å². The summed E-state index contributed by atoms with van der Waals surface area (Å²) in [5.41, 5.74) is 4.10. The lowest BCUT2D eigenvalue weighted by Crippen LogP contribution is -2.43. The van der Waals surface area contributed by atoms with Crippen LogP contribution in [0.25, 0.3) is 0 Å². The van der Waals surface area contributed by atoms with E-state index < -0.39 is 5.72 Å². The second kappa shape index (κ2) is 14.8. The monoisotopic (exact) mass is 301 g/mol. The van der Waals surface area contributed by atoms with E-state index in [0.717, 1.165) is 12.8 Å². The fourth-order valence-electron chi connectivity index (χ4n) is 2.70. The van der Waals surface area contributed by atoms with E-state index in [-0.39, 0.29) is 6.61 Å². The fraction of sp³-hybridized carbons (Fsp3) is 1.00. The summed E-state index contributed by atoms with van der Waals surface area (Å²) < 4.78 is 0. The summed E-state index contributed by atoms with van der Waals surface area (Å²) in [6, 6.07) is 0. The van der Waals surface area contributed by atoms with Gasteiger partial charge in [-0.15, -0.1) is 0 Å². The van der Waals surface area contributed by atoms with Crippen LogP contribution in [0, 0.1) is 0 Å². The molecule has 0 fully saturated rings. The zero-order chi connectivity index (χ0) is 15.8. The van der Waals surface area contributed by atoms with Gasteiger partial charge in [-0.2, -0.15) is 0 Å². The van der Waals surface area contributed by atoms with E-state index in [2.05, 4.69) is 6.92 Å². The molecule has 1 atom stereocenters. The van der Waals surface area contributed by atoms with Crippen molar-refractivity contribution in [2.24, 2.45) is 5.73 Å². The third-order valence-electron chi connectivity index (χ3n) is 4.24. The van der Waals surface area contributed by atoms with Crippen molar-refractivity contribution in [3.05, 3.63) is 0 Å². The Labute approximate surface area is 132 Å². The second-order valence-corrected chi connectivity index (χ2v) is 6.61. The SMILES string of the molecule is CCCCCCCCCCCCCCCCC(N)(O)CO. The lowest BCUT2D eigenvalue weighted by atomic mass is 10.0. The summed E-state index contributed by atoms with van der Waals surface area (Å²) in [6.45, 7) is 1.92. The number of unbranched alkanes of at least 4 members (excludes halogenated alkanes) is 13. The van der Waals surface area contributed by atoms with E-state index in [1.54, 1.807) is 0 Å². The first-order valence-electron chi connectivity index (χ1n) is 9.24. The number of aliphatic hydroxyl groups is 2. The summed E-state index contributed by atoms with van der Waals surface area (Å²) in [5, 5.41) is 18.3. The minimum atomic E-state index is -1.36. The van der Waals surface area contributed by atoms with Gasteiger partial charge in [0.15, 0.2) is 0 Å². The third-order valence-corrected chi connectivity index (χ3v) is 4.24. The van der Waals surface area contributed by atoms with Crippen molar-refractivity contribution in [3.63, 3.8) is 0 Å². The van der Waals surface area contributed by atoms with Crippen LogP contribution in [0.4, 0.5) is 0 Å². The summed E-state index contributed by atoms with van der Waals surface area (Å²) >= 11 is 0. The topological polar surface area (TPSA) is 66.5 Å². The average Bonchev–Trinajstić information content (AvgIpc) is 2.47. The summed E-state index contributed by atoms with van der Waals surface area (Å²) in [7, 11) is 0. The van der Waals surface area contributed by atoms with Crippen molar-refractivity contribution in [1.82, 2.24) is 0 Å². The number of rotatable bonds is 16. The van der Waals surface area contributed by atoms with Crippen LogP contribution in [0.2, 0.25) is 0 Å². The van der Waals surface area contributed by atoms with Crippen molar-refractivity contribution in [1.29, 1.82) is 0 Å². The Morgan fingerprint density at radius 3 is 1.33 bits per heavy atom. The molecule has 0 spiro atoms. The van der Waals surface area contributed by atoms with Crippen LogP contribution in [-0.4, -0.2) is 22.5 Å². The second-order valence-electron chi connectivity index (χ2n) is 6.61. The maximum absolute atomic E-state index is 9.44. The molecule has 21 heavy (non-hydrogen) atoms. The number of aliphatic hydroxyl groups excluding tert-OH is 1. The molecule has 0 bridgehead atoms.